The number of ether oxygens (including phenoxy) is 1. The van der Waals surface area contributed by atoms with Gasteiger partial charge >= 0.3 is 5.97 Å². The number of aryl methyl sites for hydroxylation is 1. The van der Waals surface area contributed by atoms with Crippen LogP contribution in [0, 0.1) is 12.8 Å². The Morgan fingerprint density at radius 1 is 1.41 bits per heavy atom. The van der Waals surface area contributed by atoms with Gasteiger partial charge in [0, 0.05) is 25.1 Å². The highest BCUT2D eigenvalue weighted by molar-refractivity contribution is 6.00. The number of rotatable bonds is 4. The lowest BCUT2D eigenvalue weighted by Crippen LogP contribution is -2.45. The molecular weight excluding hydrogens is 284 g/mol. The third-order valence-corrected chi connectivity index (χ3v) is 3.86. The molecule has 0 radical (unpaired) electrons. The molecule has 1 saturated heterocycles. The van der Waals surface area contributed by atoms with Gasteiger partial charge in [0.25, 0.3) is 0 Å². The fourth-order valence-corrected chi connectivity index (χ4v) is 2.69. The lowest BCUT2D eigenvalue weighted by molar-refractivity contribution is -0.151. The molecule has 1 aromatic heterocycles. The van der Waals surface area contributed by atoms with Gasteiger partial charge in [0.05, 0.1) is 12.3 Å². The first-order chi connectivity index (χ1) is 10.5. The lowest BCUT2D eigenvalue weighted by atomic mass is 9.96. The molecule has 1 aromatic rings. The van der Waals surface area contributed by atoms with Crippen LogP contribution in [0.3, 0.4) is 0 Å². The van der Waals surface area contributed by atoms with Crippen LogP contribution in [-0.4, -0.2) is 41.4 Å². The number of esters is 1. The Morgan fingerprint density at radius 2 is 2.14 bits per heavy atom. The summed E-state index contributed by atoms with van der Waals surface area (Å²) in [5, 5.41) is 0. The average Bonchev–Trinajstić information content (AvgIpc) is 2.50. The minimum atomic E-state index is -0.755. The van der Waals surface area contributed by atoms with Crippen LogP contribution in [-0.2, 0) is 20.7 Å². The number of nitrogens with zero attached hydrogens (tertiary/aromatic N) is 3. The third kappa shape index (κ3) is 3.18. The number of hydrogen-bond donors (Lipinski definition) is 1. The van der Waals surface area contributed by atoms with Gasteiger partial charge < -0.3 is 15.4 Å². The first-order valence-corrected chi connectivity index (χ1v) is 7.55. The minimum absolute atomic E-state index is 0.0786. The molecule has 0 aliphatic carbocycles. The molecule has 7 nitrogen and oxygen atoms in total. The van der Waals surface area contributed by atoms with Crippen molar-refractivity contribution in [3.63, 3.8) is 0 Å². The highest BCUT2D eigenvalue weighted by atomic mass is 16.5. The second-order valence-electron chi connectivity index (χ2n) is 5.30. The van der Waals surface area contributed by atoms with E-state index in [1.54, 1.807) is 6.92 Å². The van der Waals surface area contributed by atoms with Gasteiger partial charge in [-0.05, 0) is 20.3 Å². The maximum absolute atomic E-state index is 12.0. The summed E-state index contributed by atoms with van der Waals surface area (Å²) in [6, 6.07) is 0. The number of Topliss-reactive ketones (excluding diaryl/α,β-unsaturated/α-hetero) is 1. The summed E-state index contributed by atoms with van der Waals surface area (Å²) in [5.74, 6) is -0.389. The van der Waals surface area contributed by atoms with E-state index >= 15 is 0 Å². The van der Waals surface area contributed by atoms with E-state index in [0.29, 0.717) is 18.8 Å². The first kappa shape index (κ1) is 16.2. The third-order valence-electron chi connectivity index (χ3n) is 3.86. The second-order valence-corrected chi connectivity index (χ2v) is 5.30. The molecule has 0 spiro atoms. The number of anilines is 2. The second kappa shape index (κ2) is 6.72. The van der Waals surface area contributed by atoms with Gasteiger partial charge in [0.15, 0.2) is 5.78 Å². The average molecular weight is 306 g/mol. The van der Waals surface area contributed by atoms with Gasteiger partial charge in [0.2, 0.25) is 5.95 Å². The topological polar surface area (TPSA) is 98.4 Å². The van der Waals surface area contributed by atoms with Gasteiger partial charge in [-0.3, -0.25) is 9.59 Å². The zero-order valence-corrected chi connectivity index (χ0v) is 13.3. The number of nitrogen functional groups attached to an aromatic ring is 1. The van der Waals surface area contributed by atoms with Crippen LogP contribution in [0.4, 0.5) is 11.8 Å². The van der Waals surface area contributed by atoms with Gasteiger partial charge in [-0.25, -0.2) is 4.98 Å². The molecule has 7 heteroatoms. The molecule has 1 atom stereocenters. The molecule has 1 aliphatic heterocycles. The summed E-state index contributed by atoms with van der Waals surface area (Å²) in [6.07, 6.45) is 1.05. The van der Waals surface area contributed by atoms with Crippen LogP contribution in [0.25, 0.3) is 0 Å². The summed E-state index contributed by atoms with van der Waals surface area (Å²) >= 11 is 0. The summed E-state index contributed by atoms with van der Waals surface area (Å²) in [5.41, 5.74) is 7.59. The number of carbonyl (C=O) groups excluding carboxylic acids is 2. The van der Waals surface area contributed by atoms with Crippen LogP contribution >= 0.6 is 0 Å². The zero-order valence-electron chi connectivity index (χ0n) is 13.3. The summed E-state index contributed by atoms with van der Waals surface area (Å²) in [4.78, 5) is 34.4. The molecule has 2 N–H and O–H groups in total. The number of aromatic nitrogens is 2. The zero-order chi connectivity index (χ0) is 16.3. The Bertz CT molecular complexity index is 588. The predicted molar refractivity (Wildman–Crippen MR) is 82.5 cm³/mol. The molecule has 0 amide bonds. The Labute approximate surface area is 129 Å². The summed E-state index contributed by atoms with van der Waals surface area (Å²) in [6.45, 7) is 6.73. The maximum Gasteiger partial charge on any atom is 0.318 e. The van der Waals surface area contributed by atoms with Crippen molar-refractivity contribution < 1.29 is 14.3 Å². The van der Waals surface area contributed by atoms with E-state index in [2.05, 4.69) is 9.97 Å². The quantitative estimate of drug-likeness (QED) is 0.651. The number of carbonyl (C=O) groups is 2. The van der Waals surface area contributed by atoms with Crippen molar-refractivity contribution in [1.82, 2.24) is 9.97 Å². The first-order valence-electron chi connectivity index (χ1n) is 7.55. The SMILES string of the molecule is CCOC(=O)C1CN(c2nc(N)nc(CC)c2C)CCC1=O. The molecule has 22 heavy (non-hydrogen) atoms. The van der Waals surface area contributed by atoms with Crippen LogP contribution in [0.5, 0.6) is 0 Å². The van der Waals surface area contributed by atoms with E-state index in [4.69, 9.17) is 10.5 Å². The van der Waals surface area contributed by atoms with Gasteiger partial charge in [-0.15, -0.1) is 0 Å². The Morgan fingerprint density at radius 3 is 2.77 bits per heavy atom. The van der Waals surface area contributed by atoms with E-state index in [-0.39, 0.29) is 24.9 Å². The lowest BCUT2D eigenvalue weighted by Gasteiger charge is -2.32. The van der Waals surface area contributed by atoms with Crippen molar-refractivity contribution in [1.29, 1.82) is 0 Å². The number of nitrogens with two attached hydrogens (primary N) is 1. The molecular formula is C15H22N4O3. The molecule has 120 valence electrons. The van der Waals surface area contributed by atoms with E-state index in [9.17, 15) is 9.59 Å². The largest absolute Gasteiger partial charge is 0.465 e. The molecule has 0 saturated carbocycles. The van der Waals surface area contributed by atoms with Gasteiger partial charge in [0.1, 0.15) is 11.7 Å². The monoisotopic (exact) mass is 306 g/mol. The molecule has 2 rings (SSSR count). The highest BCUT2D eigenvalue weighted by Crippen LogP contribution is 2.26. The van der Waals surface area contributed by atoms with Crippen molar-refractivity contribution in [2.24, 2.45) is 5.92 Å². The van der Waals surface area contributed by atoms with Crippen molar-refractivity contribution in [2.45, 2.75) is 33.6 Å². The predicted octanol–water partition coefficient (Wildman–Crippen LogP) is 0.888. The fraction of sp³-hybridized carbons (Fsp3) is 0.600. The van der Waals surface area contributed by atoms with Crippen LogP contribution in [0.1, 0.15) is 31.5 Å². The Kier molecular flexibility index (Phi) is 4.95. The summed E-state index contributed by atoms with van der Waals surface area (Å²) in [7, 11) is 0. The van der Waals surface area contributed by atoms with E-state index < -0.39 is 11.9 Å². The minimum Gasteiger partial charge on any atom is -0.465 e. The van der Waals surface area contributed by atoms with Crippen molar-refractivity contribution in [3.05, 3.63) is 11.3 Å². The van der Waals surface area contributed by atoms with E-state index in [0.717, 1.165) is 17.7 Å². The molecule has 0 bridgehead atoms. The smallest absolute Gasteiger partial charge is 0.318 e. The van der Waals surface area contributed by atoms with E-state index in [1.807, 2.05) is 18.7 Å². The molecule has 2 heterocycles. The normalized spacial score (nSPS) is 18.4. The maximum atomic E-state index is 12.0. The van der Waals surface area contributed by atoms with Gasteiger partial charge in [-0.2, -0.15) is 4.98 Å². The standard InChI is InChI=1S/C15H22N4O3/c1-4-11-9(3)13(18-15(16)17-11)19-7-6-12(20)10(8-19)14(21)22-5-2/h10H,4-8H2,1-3H3,(H2,16,17,18). The molecule has 0 aromatic carbocycles. The number of piperidine rings is 1. The van der Waals surface area contributed by atoms with Crippen molar-refractivity contribution in [2.75, 3.05) is 30.3 Å². The van der Waals surface area contributed by atoms with Crippen molar-refractivity contribution >= 4 is 23.5 Å². The van der Waals surface area contributed by atoms with Crippen LogP contribution < -0.4 is 10.6 Å². The van der Waals surface area contributed by atoms with Crippen LogP contribution in [0.2, 0.25) is 0 Å². The Hall–Kier alpha value is -2.18. The van der Waals surface area contributed by atoms with Gasteiger partial charge in [-0.1, -0.05) is 6.92 Å². The number of ketones is 1. The number of hydrogen-bond acceptors (Lipinski definition) is 7. The van der Waals surface area contributed by atoms with Crippen LogP contribution in [0.15, 0.2) is 0 Å². The fourth-order valence-electron chi connectivity index (χ4n) is 2.69. The molecule has 1 fully saturated rings. The highest BCUT2D eigenvalue weighted by Gasteiger charge is 2.35. The van der Waals surface area contributed by atoms with Crippen molar-refractivity contribution in [3.8, 4) is 0 Å². The Balaban J connectivity index is 2.28. The molecule has 1 unspecified atom stereocenters. The molecule has 1 aliphatic rings. The summed E-state index contributed by atoms with van der Waals surface area (Å²) < 4.78 is 4.99. The van der Waals surface area contributed by atoms with E-state index in [1.165, 1.54) is 0 Å².